The molecule has 3 heteroatoms. The van der Waals surface area contributed by atoms with Gasteiger partial charge in [0.1, 0.15) is 11.5 Å². The van der Waals surface area contributed by atoms with Crippen molar-refractivity contribution in [2.45, 2.75) is 19.9 Å². The fourth-order valence-corrected chi connectivity index (χ4v) is 1.28. The van der Waals surface area contributed by atoms with Gasteiger partial charge in [-0.25, -0.2) is 4.98 Å². The maximum Gasteiger partial charge on any atom is 0.105 e. The first kappa shape index (κ1) is 8.10. The molecule has 0 amide bonds. The van der Waals surface area contributed by atoms with Gasteiger partial charge in [0.05, 0.1) is 6.33 Å². The third-order valence-electron chi connectivity index (χ3n) is 1.97. The van der Waals surface area contributed by atoms with Crippen LogP contribution in [0.1, 0.15) is 11.5 Å². The van der Waals surface area contributed by atoms with Crippen molar-refractivity contribution in [1.29, 1.82) is 0 Å². The Kier molecular flexibility index (Phi) is 2.17. The normalized spacial score (nSPS) is 10.5. The van der Waals surface area contributed by atoms with Gasteiger partial charge in [-0.2, -0.15) is 0 Å². The number of nitrogens with zero attached hydrogens (tertiary/aromatic N) is 2. The van der Waals surface area contributed by atoms with Gasteiger partial charge in [-0.1, -0.05) is 0 Å². The minimum absolute atomic E-state index is 0.921. The van der Waals surface area contributed by atoms with Crippen LogP contribution in [-0.2, 0) is 13.0 Å². The number of hydrogen-bond donors (Lipinski definition) is 0. The second-order valence-corrected chi connectivity index (χ2v) is 3.06. The molecule has 0 aliphatic heterocycles. The minimum atomic E-state index is 0.921. The Morgan fingerprint density at radius 1 is 1.46 bits per heavy atom. The third-order valence-corrected chi connectivity index (χ3v) is 1.97. The zero-order chi connectivity index (χ0) is 9.10. The van der Waals surface area contributed by atoms with Crippen LogP contribution in [0, 0.1) is 6.92 Å². The van der Waals surface area contributed by atoms with Crippen molar-refractivity contribution in [3.63, 3.8) is 0 Å². The fraction of sp³-hybridized carbons (Fsp3) is 0.300. The topological polar surface area (TPSA) is 31.0 Å². The molecule has 68 valence electrons. The molecule has 2 heterocycles. The molecule has 0 aromatic carbocycles. The number of hydrogen-bond acceptors (Lipinski definition) is 2. The summed E-state index contributed by atoms with van der Waals surface area (Å²) in [6, 6.07) is 4.01. The lowest BCUT2D eigenvalue weighted by atomic mass is 10.3. The highest BCUT2D eigenvalue weighted by molar-refractivity contribution is 5.05. The van der Waals surface area contributed by atoms with Gasteiger partial charge in [0, 0.05) is 25.4 Å². The van der Waals surface area contributed by atoms with Gasteiger partial charge >= 0.3 is 0 Å². The number of aromatic nitrogens is 2. The average molecular weight is 176 g/mol. The van der Waals surface area contributed by atoms with E-state index >= 15 is 0 Å². The van der Waals surface area contributed by atoms with Gasteiger partial charge in [-0.15, -0.1) is 0 Å². The van der Waals surface area contributed by atoms with Crippen LogP contribution in [0.5, 0.6) is 0 Å². The summed E-state index contributed by atoms with van der Waals surface area (Å²) in [5.41, 5.74) is 0. The van der Waals surface area contributed by atoms with E-state index in [0.29, 0.717) is 0 Å². The van der Waals surface area contributed by atoms with Crippen LogP contribution in [0.3, 0.4) is 0 Å². The molecule has 0 atom stereocenters. The number of rotatable bonds is 3. The molecule has 2 aromatic rings. The van der Waals surface area contributed by atoms with Crippen molar-refractivity contribution in [3.05, 3.63) is 42.4 Å². The molecular formula is C10H12N2O. The van der Waals surface area contributed by atoms with Crippen LogP contribution in [0.15, 0.2) is 35.3 Å². The molecule has 0 radical (unpaired) electrons. The van der Waals surface area contributed by atoms with E-state index in [9.17, 15) is 0 Å². The molecule has 13 heavy (non-hydrogen) atoms. The van der Waals surface area contributed by atoms with E-state index in [1.165, 1.54) is 0 Å². The molecule has 0 N–H and O–H groups in total. The van der Waals surface area contributed by atoms with Gasteiger partial charge in [0.15, 0.2) is 0 Å². The van der Waals surface area contributed by atoms with Crippen molar-refractivity contribution in [2.75, 3.05) is 0 Å². The molecule has 2 rings (SSSR count). The van der Waals surface area contributed by atoms with E-state index in [2.05, 4.69) is 4.98 Å². The number of furan rings is 1. The number of aryl methyl sites for hydroxylation is 3. The van der Waals surface area contributed by atoms with Crippen LogP contribution >= 0.6 is 0 Å². The van der Waals surface area contributed by atoms with Crippen molar-refractivity contribution in [2.24, 2.45) is 0 Å². The first-order chi connectivity index (χ1) is 6.34. The van der Waals surface area contributed by atoms with Crippen molar-refractivity contribution >= 4 is 0 Å². The number of imidazole rings is 1. The van der Waals surface area contributed by atoms with E-state index in [4.69, 9.17) is 4.42 Å². The second-order valence-electron chi connectivity index (χ2n) is 3.06. The van der Waals surface area contributed by atoms with Gasteiger partial charge in [-0.3, -0.25) is 0 Å². The quantitative estimate of drug-likeness (QED) is 0.716. The fourth-order valence-electron chi connectivity index (χ4n) is 1.28. The lowest BCUT2D eigenvalue weighted by Crippen LogP contribution is -1.96. The van der Waals surface area contributed by atoms with Crippen molar-refractivity contribution in [3.8, 4) is 0 Å². The molecule has 0 unspecified atom stereocenters. The minimum Gasteiger partial charge on any atom is -0.466 e. The van der Waals surface area contributed by atoms with Crippen LogP contribution in [0.4, 0.5) is 0 Å². The van der Waals surface area contributed by atoms with Gasteiger partial charge in [0.2, 0.25) is 0 Å². The summed E-state index contributed by atoms with van der Waals surface area (Å²) in [7, 11) is 0. The Morgan fingerprint density at radius 2 is 2.38 bits per heavy atom. The summed E-state index contributed by atoms with van der Waals surface area (Å²) in [5.74, 6) is 2.01. The standard InChI is InChI=1S/C10H12N2O/c1-9-2-3-10(13-9)4-6-12-7-5-11-8-12/h2-3,5,7-8H,4,6H2,1H3. The summed E-state index contributed by atoms with van der Waals surface area (Å²) < 4.78 is 7.49. The summed E-state index contributed by atoms with van der Waals surface area (Å²) in [5, 5.41) is 0. The van der Waals surface area contributed by atoms with Gasteiger partial charge in [0.25, 0.3) is 0 Å². The Balaban J connectivity index is 1.93. The van der Waals surface area contributed by atoms with Crippen molar-refractivity contribution < 1.29 is 4.42 Å². The Bertz CT molecular complexity index is 362. The monoisotopic (exact) mass is 176 g/mol. The van der Waals surface area contributed by atoms with Gasteiger partial charge in [-0.05, 0) is 19.1 Å². The third kappa shape index (κ3) is 1.99. The molecular weight excluding hydrogens is 164 g/mol. The lowest BCUT2D eigenvalue weighted by molar-refractivity contribution is 0.469. The van der Waals surface area contributed by atoms with E-state index < -0.39 is 0 Å². The predicted molar refractivity (Wildman–Crippen MR) is 49.4 cm³/mol. The van der Waals surface area contributed by atoms with E-state index in [1.807, 2.05) is 36.1 Å². The van der Waals surface area contributed by atoms with E-state index in [0.717, 1.165) is 24.5 Å². The molecule has 3 nitrogen and oxygen atoms in total. The first-order valence-electron chi connectivity index (χ1n) is 4.35. The zero-order valence-corrected chi connectivity index (χ0v) is 7.60. The van der Waals surface area contributed by atoms with Crippen LogP contribution in [0.25, 0.3) is 0 Å². The highest BCUT2D eigenvalue weighted by Gasteiger charge is 1.98. The van der Waals surface area contributed by atoms with Gasteiger partial charge < -0.3 is 8.98 Å². The van der Waals surface area contributed by atoms with Crippen LogP contribution < -0.4 is 0 Å². The smallest absolute Gasteiger partial charge is 0.105 e. The molecule has 0 spiro atoms. The molecule has 0 aliphatic rings. The van der Waals surface area contributed by atoms with E-state index in [-0.39, 0.29) is 0 Å². The molecule has 0 fully saturated rings. The Labute approximate surface area is 77.0 Å². The Morgan fingerprint density at radius 3 is 3.00 bits per heavy atom. The van der Waals surface area contributed by atoms with Crippen molar-refractivity contribution in [1.82, 2.24) is 9.55 Å². The summed E-state index contributed by atoms with van der Waals surface area (Å²) >= 11 is 0. The van der Waals surface area contributed by atoms with Crippen LogP contribution in [-0.4, -0.2) is 9.55 Å². The highest BCUT2D eigenvalue weighted by Crippen LogP contribution is 2.07. The van der Waals surface area contributed by atoms with Crippen LogP contribution in [0.2, 0.25) is 0 Å². The first-order valence-corrected chi connectivity index (χ1v) is 4.35. The molecule has 0 saturated heterocycles. The van der Waals surface area contributed by atoms with E-state index in [1.54, 1.807) is 6.20 Å². The summed E-state index contributed by atoms with van der Waals surface area (Å²) in [6.07, 6.45) is 6.48. The molecule has 2 aromatic heterocycles. The molecule has 0 saturated carbocycles. The highest BCUT2D eigenvalue weighted by atomic mass is 16.3. The maximum absolute atomic E-state index is 5.45. The predicted octanol–water partition coefficient (Wildman–Crippen LogP) is 2.03. The SMILES string of the molecule is Cc1ccc(CCn2ccnc2)o1. The zero-order valence-electron chi connectivity index (χ0n) is 7.60. The molecule has 0 aliphatic carbocycles. The lowest BCUT2D eigenvalue weighted by Gasteiger charge is -1.98. The maximum atomic E-state index is 5.45. The largest absolute Gasteiger partial charge is 0.466 e. The second kappa shape index (κ2) is 3.47. The molecule has 0 bridgehead atoms. The summed E-state index contributed by atoms with van der Waals surface area (Å²) in [6.45, 7) is 2.88. The average Bonchev–Trinajstić information content (AvgIpc) is 2.71. The Hall–Kier alpha value is -1.51. The summed E-state index contributed by atoms with van der Waals surface area (Å²) in [4.78, 5) is 3.97.